The Morgan fingerprint density at radius 2 is 1.38 bits per heavy atom. The van der Waals surface area contributed by atoms with Crippen molar-refractivity contribution >= 4 is 0 Å². The monoisotopic (exact) mass is 355 g/mol. The molecule has 3 rings (SSSR count). The molecule has 0 aliphatic carbocycles. The molecule has 1 saturated heterocycles. The van der Waals surface area contributed by atoms with Gasteiger partial charge in [-0.3, -0.25) is 0 Å². The first-order valence-electron chi connectivity index (χ1n) is 9.25. The van der Waals surface area contributed by atoms with Gasteiger partial charge in [0.25, 0.3) is 0 Å². The van der Waals surface area contributed by atoms with Gasteiger partial charge in [0, 0.05) is 18.0 Å². The second kappa shape index (κ2) is 8.11. The number of aliphatic hydroxyl groups excluding tert-OH is 1. The van der Waals surface area contributed by atoms with Crippen molar-refractivity contribution in [2.75, 3.05) is 14.2 Å². The standard InChI is InChI=1S/C22H29NO3/c1-14(2)21-20(24)13-19(15-5-9-17(25-3)10-6-15)23-22(21)16-7-11-18(26-4)12-8-16/h5-12,14,19-24H,13H2,1-4H3/t19-,20-,21-,22+/m0/s1. The summed E-state index contributed by atoms with van der Waals surface area (Å²) in [6.45, 7) is 4.36. The van der Waals surface area contributed by atoms with Crippen LogP contribution in [0.3, 0.4) is 0 Å². The summed E-state index contributed by atoms with van der Waals surface area (Å²) >= 11 is 0. The number of benzene rings is 2. The SMILES string of the molecule is COc1ccc([C@@H]2C[C@H](O)[C@H](C(C)C)[C@@H](c3ccc(OC)cc3)N2)cc1. The molecule has 0 radical (unpaired) electrons. The zero-order chi connectivity index (χ0) is 18.7. The van der Waals surface area contributed by atoms with Crippen molar-refractivity contribution in [2.45, 2.75) is 38.5 Å². The van der Waals surface area contributed by atoms with Crippen molar-refractivity contribution in [2.24, 2.45) is 11.8 Å². The number of nitrogens with one attached hydrogen (secondary N) is 1. The van der Waals surface area contributed by atoms with Crippen molar-refractivity contribution in [3.63, 3.8) is 0 Å². The average Bonchev–Trinajstić information content (AvgIpc) is 2.67. The van der Waals surface area contributed by atoms with E-state index in [-0.39, 0.29) is 24.1 Å². The van der Waals surface area contributed by atoms with E-state index in [1.165, 1.54) is 11.1 Å². The lowest BCUT2D eigenvalue weighted by Gasteiger charge is -2.43. The summed E-state index contributed by atoms with van der Waals surface area (Å²) in [5, 5.41) is 14.7. The largest absolute Gasteiger partial charge is 0.497 e. The van der Waals surface area contributed by atoms with Crippen molar-refractivity contribution in [1.29, 1.82) is 0 Å². The highest BCUT2D eigenvalue weighted by molar-refractivity contribution is 5.33. The van der Waals surface area contributed by atoms with Gasteiger partial charge in [0.2, 0.25) is 0 Å². The molecule has 2 N–H and O–H groups in total. The Morgan fingerprint density at radius 1 is 0.885 bits per heavy atom. The maximum Gasteiger partial charge on any atom is 0.118 e. The topological polar surface area (TPSA) is 50.7 Å². The lowest BCUT2D eigenvalue weighted by atomic mass is 9.74. The summed E-state index contributed by atoms with van der Waals surface area (Å²) in [6, 6.07) is 16.4. The van der Waals surface area contributed by atoms with E-state index < -0.39 is 0 Å². The molecular formula is C22H29NO3. The van der Waals surface area contributed by atoms with E-state index in [2.05, 4.69) is 43.4 Å². The summed E-state index contributed by atoms with van der Waals surface area (Å²) in [6.07, 6.45) is 0.359. The van der Waals surface area contributed by atoms with Crippen LogP contribution in [0.2, 0.25) is 0 Å². The molecule has 0 saturated carbocycles. The van der Waals surface area contributed by atoms with Gasteiger partial charge in [-0.15, -0.1) is 0 Å². The number of aliphatic hydroxyl groups is 1. The lowest BCUT2D eigenvalue weighted by Crippen LogP contribution is -2.46. The minimum absolute atomic E-state index is 0.0942. The van der Waals surface area contributed by atoms with Gasteiger partial charge in [-0.05, 0) is 47.7 Å². The molecule has 1 aliphatic heterocycles. The number of rotatable bonds is 5. The van der Waals surface area contributed by atoms with Crippen LogP contribution >= 0.6 is 0 Å². The molecule has 4 heteroatoms. The maximum absolute atomic E-state index is 10.9. The van der Waals surface area contributed by atoms with Gasteiger partial charge >= 0.3 is 0 Å². The molecule has 2 aromatic rings. The van der Waals surface area contributed by atoms with Crippen molar-refractivity contribution in [1.82, 2.24) is 5.32 Å². The molecule has 0 aromatic heterocycles. The fraction of sp³-hybridized carbons (Fsp3) is 0.455. The molecule has 26 heavy (non-hydrogen) atoms. The fourth-order valence-electron chi connectivity index (χ4n) is 4.04. The molecule has 1 aliphatic rings. The molecule has 0 amide bonds. The molecule has 2 aromatic carbocycles. The van der Waals surface area contributed by atoms with Crippen LogP contribution in [0.1, 0.15) is 43.5 Å². The Hall–Kier alpha value is -2.04. The van der Waals surface area contributed by atoms with Crippen LogP contribution in [0.15, 0.2) is 48.5 Å². The molecule has 1 heterocycles. The van der Waals surface area contributed by atoms with Crippen molar-refractivity contribution in [3.8, 4) is 11.5 Å². The third kappa shape index (κ3) is 3.87. The Bertz CT molecular complexity index is 696. The second-order valence-electron chi connectivity index (χ2n) is 7.37. The highest BCUT2D eigenvalue weighted by atomic mass is 16.5. The number of piperidine rings is 1. The minimum Gasteiger partial charge on any atom is -0.497 e. The van der Waals surface area contributed by atoms with Gasteiger partial charge < -0.3 is 19.9 Å². The zero-order valence-corrected chi connectivity index (χ0v) is 16.0. The van der Waals surface area contributed by atoms with E-state index in [0.717, 1.165) is 11.5 Å². The van der Waals surface area contributed by atoms with E-state index in [1.54, 1.807) is 14.2 Å². The number of hydrogen-bond donors (Lipinski definition) is 2. The van der Waals surface area contributed by atoms with Gasteiger partial charge in [0.1, 0.15) is 11.5 Å². The van der Waals surface area contributed by atoms with E-state index in [1.807, 2.05) is 24.3 Å². The number of methoxy groups -OCH3 is 2. The van der Waals surface area contributed by atoms with E-state index in [4.69, 9.17) is 9.47 Å². The predicted molar refractivity (Wildman–Crippen MR) is 104 cm³/mol. The molecule has 4 atom stereocenters. The van der Waals surface area contributed by atoms with Crippen molar-refractivity contribution < 1.29 is 14.6 Å². The molecule has 4 nitrogen and oxygen atoms in total. The average molecular weight is 355 g/mol. The van der Waals surface area contributed by atoms with E-state index in [9.17, 15) is 5.11 Å². The first-order chi connectivity index (χ1) is 12.5. The number of hydrogen-bond acceptors (Lipinski definition) is 4. The first-order valence-corrected chi connectivity index (χ1v) is 9.25. The molecule has 0 bridgehead atoms. The van der Waals surface area contributed by atoms with Crippen LogP contribution < -0.4 is 14.8 Å². The van der Waals surface area contributed by atoms with Gasteiger partial charge in [-0.2, -0.15) is 0 Å². The highest BCUT2D eigenvalue weighted by Gasteiger charge is 2.39. The Labute approximate surface area is 156 Å². The van der Waals surface area contributed by atoms with Crippen LogP contribution in [0.25, 0.3) is 0 Å². The highest BCUT2D eigenvalue weighted by Crippen LogP contribution is 2.41. The zero-order valence-electron chi connectivity index (χ0n) is 16.0. The maximum atomic E-state index is 10.9. The summed E-state index contributed by atoms with van der Waals surface area (Å²) in [5.74, 6) is 2.23. The fourth-order valence-corrected chi connectivity index (χ4v) is 4.04. The lowest BCUT2D eigenvalue weighted by molar-refractivity contribution is 0.00765. The van der Waals surface area contributed by atoms with Gasteiger partial charge in [-0.1, -0.05) is 38.1 Å². The predicted octanol–water partition coefficient (Wildman–Crippen LogP) is 4.11. The summed E-state index contributed by atoms with van der Waals surface area (Å²) in [5.41, 5.74) is 2.35. The van der Waals surface area contributed by atoms with Crippen molar-refractivity contribution in [3.05, 3.63) is 59.7 Å². The third-order valence-electron chi connectivity index (χ3n) is 5.45. The van der Waals surface area contributed by atoms with E-state index >= 15 is 0 Å². The molecule has 1 fully saturated rings. The van der Waals surface area contributed by atoms with Crippen LogP contribution in [0.5, 0.6) is 11.5 Å². The normalized spacial score (nSPS) is 25.9. The molecule has 140 valence electrons. The summed E-state index contributed by atoms with van der Waals surface area (Å²) in [7, 11) is 3.35. The quantitative estimate of drug-likeness (QED) is 0.847. The Balaban J connectivity index is 1.89. The van der Waals surface area contributed by atoms with E-state index in [0.29, 0.717) is 12.3 Å². The van der Waals surface area contributed by atoms with Gasteiger partial charge in [0.15, 0.2) is 0 Å². The van der Waals surface area contributed by atoms with Crippen LogP contribution in [0, 0.1) is 11.8 Å². The second-order valence-corrected chi connectivity index (χ2v) is 7.37. The van der Waals surface area contributed by atoms with Crippen LogP contribution in [-0.4, -0.2) is 25.4 Å². The Kier molecular flexibility index (Phi) is 5.84. The van der Waals surface area contributed by atoms with Gasteiger partial charge in [-0.25, -0.2) is 0 Å². The summed E-state index contributed by atoms with van der Waals surface area (Å²) < 4.78 is 10.5. The summed E-state index contributed by atoms with van der Waals surface area (Å²) in [4.78, 5) is 0. The first kappa shape index (κ1) is 18.7. The van der Waals surface area contributed by atoms with Crippen LogP contribution in [0.4, 0.5) is 0 Å². The molecule has 0 unspecified atom stereocenters. The van der Waals surface area contributed by atoms with Gasteiger partial charge in [0.05, 0.1) is 20.3 Å². The minimum atomic E-state index is -0.351. The molecule has 0 spiro atoms. The number of ether oxygens (including phenoxy) is 2. The Morgan fingerprint density at radius 3 is 1.85 bits per heavy atom. The third-order valence-corrected chi connectivity index (χ3v) is 5.45. The van der Waals surface area contributed by atoms with Crippen LogP contribution in [-0.2, 0) is 0 Å². The molecular weight excluding hydrogens is 326 g/mol. The smallest absolute Gasteiger partial charge is 0.118 e.